The maximum Gasteiger partial charge on any atom is 0.339 e. The van der Waals surface area contributed by atoms with Crippen molar-refractivity contribution in [2.75, 3.05) is 7.11 Å². The molecular weight excluding hydrogens is 234 g/mol. The summed E-state index contributed by atoms with van der Waals surface area (Å²) in [5, 5.41) is 0.851. The minimum absolute atomic E-state index is 0.367. The molecule has 86 valence electrons. The van der Waals surface area contributed by atoms with E-state index in [-0.39, 0.29) is 5.97 Å². The maximum atomic E-state index is 11.2. The van der Waals surface area contributed by atoms with E-state index in [0.717, 1.165) is 9.92 Å². The summed E-state index contributed by atoms with van der Waals surface area (Å²) >= 11 is 1.55. The Labute approximate surface area is 104 Å². The number of pyridine rings is 1. The van der Waals surface area contributed by atoms with Gasteiger partial charge in [0, 0.05) is 11.1 Å². The summed E-state index contributed by atoms with van der Waals surface area (Å²) in [5.41, 5.74) is 0.463. The van der Waals surface area contributed by atoms with Gasteiger partial charge in [0.25, 0.3) is 0 Å². The lowest BCUT2D eigenvalue weighted by Gasteiger charge is -2.02. The first-order valence-electron chi connectivity index (χ1n) is 5.07. The number of ether oxygens (including phenoxy) is 1. The van der Waals surface area contributed by atoms with E-state index in [1.807, 2.05) is 36.4 Å². The number of benzene rings is 1. The van der Waals surface area contributed by atoms with E-state index in [2.05, 4.69) is 9.72 Å². The Morgan fingerprint density at radius 1 is 1.18 bits per heavy atom. The Hall–Kier alpha value is -1.81. The molecule has 0 unspecified atom stereocenters. The number of hydrogen-bond acceptors (Lipinski definition) is 4. The highest BCUT2D eigenvalue weighted by Gasteiger charge is 2.05. The highest BCUT2D eigenvalue weighted by Crippen LogP contribution is 2.25. The van der Waals surface area contributed by atoms with Crippen LogP contribution in [-0.4, -0.2) is 18.1 Å². The minimum atomic E-state index is -0.367. The summed E-state index contributed by atoms with van der Waals surface area (Å²) < 4.78 is 4.61. The molecule has 0 amide bonds. The van der Waals surface area contributed by atoms with Gasteiger partial charge in [0.15, 0.2) is 0 Å². The van der Waals surface area contributed by atoms with E-state index in [4.69, 9.17) is 0 Å². The normalized spacial score (nSPS) is 9.94. The van der Waals surface area contributed by atoms with Crippen molar-refractivity contribution in [1.82, 2.24) is 4.98 Å². The Bertz CT molecular complexity index is 497. The standard InChI is InChI=1S/C13H11NO2S/c1-16-13(15)10-7-8-12(14-9-10)17-11-5-3-2-4-6-11/h2-9H,1H3. The summed E-state index contributed by atoms with van der Waals surface area (Å²) in [4.78, 5) is 16.5. The van der Waals surface area contributed by atoms with Crippen LogP contribution in [0.2, 0.25) is 0 Å². The van der Waals surface area contributed by atoms with Crippen LogP contribution in [0.4, 0.5) is 0 Å². The van der Waals surface area contributed by atoms with E-state index < -0.39 is 0 Å². The Morgan fingerprint density at radius 3 is 2.53 bits per heavy atom. The van der Waals surface area contributed by atoms with Crippen LogP contribution in [0.3, 0.4) is 0 Å². The van der Waals surface area contributed by atoms with Crippen molar-refractivity contribution >= 4 is 17.7 Å². The fourth-order valence-corrected chi connectivity index (χ4v) is 2.06. The molecule has 0 saturated carbocycles. The number of aromatic nitrogens is 1. The highest BCUT2D eigenvalue weighted by atomic mass is 32.2. The second-order valence-electron chi connectivity index (χ2n) is 3.29. The fraction of sp³-hybridized carbons (Fsp3) is 0.0769. The van der Waals surface area contributed by atoms with Gasteiger partial charge in [-0.3, -0.25) is 0 Å². The third-order valence-corrected chi connectivity index (χ3v) is 3.08. The number of rotatable bonds is 3. The first-order chi connectivity index (χ1) is 8.29. The topological polar surface area (TPSA) is 39.2 Å². The van der Waals surface area contributed by atoms with E-state index in [9.17, 15) is 4.79 Å². The van der Waals surface area contributed by atoms with Crippen molar-refractivity contribution in [3.05, 3.63) is 54.2 Å². The second-order valence-corrected chi connectivity index (χ2v) is 4.39. The summed E-state index contributed by atoms with van der Waals surface area (Å²) in [7, 11) is 1.36. The summed E-state index contributed by atoms with van der Waals surface area (Å²) in [6.45, 7) is 0. The minimum Gasteiger partial charge on any atom is -0.465 e. The quantitative estimate of drug-likeness (QED) is 0.779. The van der Waals surface area contributed by atoms with Gasteiger partial charge in [-0.25, -0.2) is 9.78 Å². The van der Waals surface area contributed by atoms with Crippen molar-refractivity contribution in [1.29, 1.82) is 0 Å². The van der Waals surface area contributed by atoms with Crippen LogP contribution >= 0.6 is 11.8 Å². The Morgan fingerprint density at radius 2 is 1.94 bits per heavy atom. The molecule has 0 radical (unpaired) electrons. The maximum absolute atomic E-state index is 11.2. The lowest BCUT2D eigenvalue weighted by Crippen LogP contribution is -2.01. The van der Waals surface area contributed by atoms with Gasteiger partial charge in [0.05, 0.1) is 12.7 Å². The van der Waals surface area contributed by atoms with Gasteiger partial charge in [-0.2, -0.15) is 0 Å². The van der Waals surface area contributed by atoms with Gasteiger partial charge in [-0.1, -0.05) is 30.0 Å². The molecule has 3 nitrogen and oxygen atoms in total. The molecule has 0 atom stereocenters. The average Bonchev–Trinajstić information content (AvgIpc) is 2.40. The second kappa shape index (κ2) is 5.50. The lowest BCUT2D eigenvalue weighted by atomic mass is 10.3. The Kier molecular flexibility index (Phi) is 3.77. The van der Waals surface area contributed by atoms with Gasteiger partial charge in [0.1, 0.15) is 5.03 Å². The van der Waals surface area contributed by atoms with E-state index in [1.165, 1.54) is 13.3 Å². The SMILES string of the molecule is COC(=O)c1ccc(Sc2ccccc2)nc1. The number of hydrogen-bond donors (Lipinski definition) is 0. The highest BCUT2D eigenvalue weighted by molar-refractivity contribution is 7.99. The largest absolute Gasteiger partial charge is 0.465 e. The monoisotopic (exact) mass is 245 g/mol. The zero-order valence-corrected chi connectivity index (χ0v) is 10.1. The van der Waals surface area contributed by atoms with E-state index in [0.29, 0.717) is 5.56 Å². The van der Waals surface area contributed by atoms with Crippen molar-refractivity contribution in [3.8, 4) is 0 Å². The molecule has 0 aliphatic rings. The Balaban J connectivity index is 2.11. The van der Waals surface area contributed by atoms with Crippen LogP contribution in [-0.2, 0) is 4.74 Å². The molecule has 0 aliphatic carbocycles. The molecule has 0 spiro atoms. The van der Waals surface area contributed by atoms with Crippen molar-refractivity contribution in [2.45, 2.75) is 9.92 Å². The zero-order valence-electron chi connectivity index (χ0n) is 9.29. The molecule has 2 rings (SSSR count). The number of nitrogens with zero attached hydrogens (tertiary/aromatic N) is 1. The zero-order chi connectivity index (χ0) is 12.1. The number of methoxy groups -OCH3 is 1. The van der Waals surface area contributed by atoms with E-state index >= 15 is 0 Å². The molecule has 0 saturated heterocycles. The van der Waals surface area contributed by atoms with E-state index in [1.54, 1.807) is 17.8 Å². The lowest BCUT2D eigenvalue weighted by molar-refractivity contribution is 0.0600. The third-order valence-electron chi connectivity index (χ3n) is 2.12. The number of esters is 1. The molecule has 4 heteroatoms. The van der Waals surface area contributed by atoms with Crippen LogP contribution in [0.5, 0.6) is 0 Å². The average molecular weight is 245 g/mol. The number of carbonyl (C=O) groups excluding carboxylic acids is 1. The molecule has 17 heavy (non-hydrogen) atoms. The first-order valence-corrected chi connectivity index (χ1v) is 5.88. The molecule has 0 fully saturated rings. The summed E-state index contributed by atoms with van der Waals surface area (Å²) in [6.07, 6.45) is 1.52. The van der Waals surface area contributed by atoms with Gasteiger partial charge in [-0.15, -0.1) is 0 Å². The number of carbonyl (C=O) groups is 1. The van der Waals surface area contributed by atoms with Crippen molar-refractivity contribution < 1.29 is 9.53 Å². The molecule has 1 aromatic carbocycles. The summed E-state index contributed by atoms with van der Waals surface area (Å²) in [5.74, 6) is -0.367. The first kappa shape index (κ1) is 11.7. The molecule has 2 aromatic rings. The van der Waals surface area contributed by atoms with Crippen LogP contribution in [0, 0.1) is 0 Å². The predicted octanol–water partition coefficient (Wildman–Crippen LogP) is 3.02. The van der Waals surface area contributed by atoms with Crippen LogP contribution in [0.15, 0.2) is 58.6 Å². The smallest absolute Gasteiger partial charge is 0.339 e. The van der Waals surface area contributed by atoms with Crippen LogP contribution in [0.25, 0.3) is 0 Å². The van der Waals surface area contributed by atoms with Crippen LogP contribution < -0.4 is 0 Å². The molecular formula is C13H11NO2S. The molecule has 0 N–H and O–H groups in total. The molecule has 0 bridgehead atoms. The third kappa shape index (κ3) is 3.07. The molecule has 1 heterocycles. The molecule has 1 aromatic heterocycles. The predicted molar refractivity (Wildman–Crippen MR) is 66.1 cm³/mol. The van der Waals surface area contributed by atoms with Gasteiger partial charge in [0.2, 0.25) is 0 Å². The van der Waals surface area contributed by atoms with Crippen molar-refractivity contribution in [2.24, 2.45) is 0 Å². The molecule has 0 aliphatic heterocycles. The van der Waals surface area contributed by atoms with Gasteiger partial charge >= 0.3 is 5.97 Å². The summed E-state index contributed by atoms with van der Waals surface area (Å²) in [6, 6.07) is 13.5. The fourth-order valence-electron chi connectivity index (χ4n) is 1.29. The van der Waals surface area contributed by atoms with Gasteiger partial charge in [-0.05, 0) is 24.3 Å². The van der Waals surface area contributed by atoms with Crippen molar-refractivity contribution in [3.63, 3.8) is 0 Å². The van der Waals surface area contributed by atoms with Gasteiger partial charge < -0.3 is 4.74 Å². The van der Waals surface area contributed by atoms with Crippen LogP contribution in [0.1, 0.15) is 10.4 Å².